The van der Waals surface area contributed by atoms with Crippen LogP contribution in [0.4, 0.5) is 0 Å². The molecule has 5 heterocycles. The molecule has 0 saturated carbocycles. The van der Waals surface area contributed by atoms with Crippen molar-refractivity contribution < 1.29 is 168 Å². The molecule has 0 spiro atoms. The van der Waals surface area contributed by atoms with Gasteiger partial charge in [0.1, 0.15) is 134 Å². The van der Waals surface area contributed by atoms with Gasteiger partial charge < -0.3 is 166 Å². The monoisotopic (exact) mass is 1240 g/mol. The third kappa shape index (κ3) is 16.7. The van der Waals surface area contributed by atoms with Crippen LogP contribution in [0.2, 0.25) is 0 Å². The van der Waals surface area contributed by atoms with E-state index in [9.17, 15) is 121 Å². The molecule has 0 aromatic rings. The first kappa shape index (κ1) is 72.0. The van der Waals surface area contributed by atoms with E-state index in [0.717, 1.165) is 27.7 Å². The van der Waals surface area contributed by atoms with Gasteiger partial charge >= 0.3 is 5.97 Å². The molecular formula is C47H80N4O34. The maximum atomic E-state index is 13.6. The molecule has 0 unspecified atom stereocenters. The number of carboxylic acids is 1. The quantitative estimate of drug-likeness (QED) is 0.0363. The fourth-order valence-corrected chi connectivity index (χ4v) is 10.4. The lowest BCUT2D eigenvalue weighted by molar-refractivity contribution is -0.399. The predicted octanol–water partition coefficient (Wildman–Crippen LogP) is -14.7. The molecule has 0 aliphatic carbocycles. The highest BCUT2D eigenvalue weighted by Crippen LogP contribution is 2.41. The van der Waals surface area contributed by atoms with Crippen LogP contribution in [0.3, 0.4) is 0 Å². The zero-order chi connectivity index (χ0) is 63.7. The molecule has 5 saturated heterocycles. The Morgan fingerprint density at radius 1 is 0.506 bits per heavy atom. The van der Waals surface area contributed by atoms with E-state index in [4.69, 9.17) is 47.4 Å². The van der Waals surface area contributed by atoms with E-state index in [1.807, 2.05) is 0 Å². The Kier molecular flexibility index (Phi) is 26.8. The van der Waals surface area contributed by atoms with E-state index in [1.165, 1.54) is 0 Å². The van der Waals surface area contributed by atoms with Crippen LogP contribution in [0.1, 0.15) is 34.1 Å². The van der Waals surface area contributed by atoms with Crippen LogP contribution in [-0.2, 0) is 71.3 Å². The highest BCUT2D eigenvalue weighted by molar-refractivity contribution is 5.77. The third-order valence-corrected chi connectivity index (χ3v) is 14.7. The van der Waals surface area contributed by atoms with E-state index in [-0.39, 0.29) is 0 Å². The molecule has 0 bridgehead atoms. The first-order valence-corrected chi connectivity index (χ1v) is 26.6. The summed E-state index contributed by atoms with van der Waals surface area (Å²) in [4.78, 5) is 63.3. The molecular weight excluding hydrogens is 1160 g/mol. The van der Waals surface area contributed by atoms with Crippen molar-refractivity contribution in [2.75, 3.05) is 46.2 Å². The summed E-state index contributed by atoms with van der Waals surface area (Å²) >= 11 is 0. The van der Waals surface area contributed by atoms with Gasteiger partial charge in [0.2, 0.25) is 23.6 Å². The molecule has 492 valence electrons. The Bertz CT molecular complexity index is 2160. The smallest absolute Gasteiger partial charge is 0.364 e. The fraction of sp³-hybridized carbons (Fsp3) is 0.894. The molecule has 0 aromatic heterocycles. The minimum atomic E-state index is -3.40. The van der Waals surface area contributed by atoms with Gasteiger partial charge in [-0.1, -0.05) is 0 Å². The molecule has 30 atom stereocenters. The second kappa shape index (κ2) is 31.6. The number of hydrogen-bond acceptors (Lipinski definition) is 33. The average Bonchev–Trinajstić information content (AvgIpc) is 1.09. The summed E-state index contributed by atoms with van der Waals surface area (Å²) < 4.78 is 59.0. The Balaban J connectivity index is 1.58. The van der Waals surface area contributed by atoms with Crippen LogP contribution < -0.4 is 21.3 Å². The normalized spacial score (nSPS) is 41.0. The van der Waals surface area contributed by atoms with E-state index < -0.39 is 266 Å². The maximum absolute atomic E-state index is 13.6. The third-order valence-electron chi connectivity index (χ3n) is 14.7. The largest absolute Gasteiger partial charge is 0.477 e. The Labute approximate surface area is 482 Å². The minimum Gasteiger partial charge on any atom is -0.477 e. The van der Waals surface area contributed by atoms with Crippen molar-refractivity contribution in [2.24, 2.45) is 0 Å². The second-order valence-corrected chi connectivity index (χ2v) is 20.9. The van der Waals surface area contributed by atoms with E-state index in [2.05, 4.69) is 21.3 Å². The van der Waals surface area contributed by atoms with Gasteiger partial charge in [0.25, 0.3) is 5.79 Å². The van der Waals surface area contributed by atoms with Crippen molar-refractivity contribution >= 4 is 29.6 Å². The number of carbonyl (C=O) groups is 5. The van der Waals surface area contributed by atoms with E-state index in [0.29, 0.717) is 0 Å². The highest BCUT2D eigenvalue weighted by atomic mass is 16.8. The van der Waals surface area contributed by atoms with Crippen LogP contribution in [0.25, 0.3) is 0 Å². The summed E-state index contributed by atoms with van der Waals surface area (Å²) in [6.07, 6.45) is -54.8. The predicted molar refractivity (Wildman–Crippen MR) is 265 cm³/mol. The average molecular weight is 1250 g/mol. The van der Waals surface area contributed by atoms with Gasteiger partial charge in [-0.15, -0.1) is 0 Å². The number of hydrogen-bond donors (Lipinski definition) is 23. The van der Waals surface area contributed by atoms with Gasteiger partial charge in [-0.2, -0.15) is 0 Å². The van der Waals surface area contributed by atoms with Crippen molar-refractivity contribution in [1.29, 1.82) is 0 Å². The molecule has 38 heteroatoms. The minimum absolute atomic E-state index is 0.791. The van der Waals surface area contributed by atoms with Gasteiger partial charge in [-0.25, -0.2) is 4.79 Å². The molecule has 4 amide bonds. The molecule has 85 heavy (non-hydrogen) atoms. The van der Waals surface area contributed by atoms with Crippen molar-refractivity contribution in [1.82, 2.24) is 21.3 Å². The van der Waals surface area contributed by atoms with Crippen molar-refractivity contribution in [2.45, 2.75) is 217 Å². The molecule has 23 N–H and O–H groups in total. The molecule has 5 rings (SSSR count). The number of carbonyl (C=O) groups excluding carboxylic acids is 4. The van der Waals surface area contributed by atoms with Crippen LogP contribution in [-0.4, -0.2) is 356 Å². The molecule has 5 fully saturated rings. The highest BCUT2D eigenvalue weighted by Gasteiger charge is 2.62. The Morgan fingerprint density at radius 3 is 1.51 bits per heavy atom. The van der Waals surface area contributed by atoms with Gasteiger partial charge in [-0.3, -0.25) is 19.2 Å². The first-order chi connectivity index (χ1) is 40.0. The first-order valence-electron chi connectivity index (χ1n) is 26.6. The number of aliphatic carboxylic acids is 1. The lowest BCUT2D eigenvalue weighted by atomic mass is 9.88. The van der Waals surface area contributed by atoms with Gasteiger partial charge in [-0.05, 0) is 0 Å². The summed E-state index contributed by atoms with van der Waals surface area (Å²) in [5, 5.41) is 215. The summed E-state index contributed by atoms with van der Waals surface area (Å²) in [5.41, 5.74) is 0. The van der Waals surface area contributed by atoms with Gasteiger partial charge in [0.15, 0.2) is 25.2 Å². The lowest BCUT2D eigenvalue weighted by Gasteiger charge is -2.53. The van der Waals surface area contributed by atoms with Crippen LogP contribution in [0.15, 0.2) is 0 Å². The molecule has 0 radical (unpaired) electrons. The standard InChI is InChI=1S/C47H80N4O34/c1-13(59)48-17(6-52)36(28(66)19(64)7-53)80-44-34(72)33(71)37(23(11-57)78-44)81-43-27(51-16(4)62)39(31(69)22(10-56)77-43)83-45-35(73)41(38(24(12-58)79-45)82-42-26(50-15(3)61)32(70)30(68)21(9-55)76-42)85-47(46(74)75)5-18(63)25(49-14(2)60)40(84-47)29(67)20(65)8-54/h17-45,52-58,63-73H,5-12H2,1-4H3,(H,48,59)(H,49,60)(H,50,61)(H,51,62)(H,74,75)/t17-,18-,19+,20+,21+,22+,23+,24+,25+,26+,27+,28-,29+,30-,31-,32+,33+,34+,35+,36+,37-,38-,39+,40+,41+,42-,43+,44-,45-,47-/m0/s1. The number of nitrogens with one attached hydrogen (secondary N) is 4. The fourth-order valence-electron chi connectivity index (χ4n) is 10.4. The summed E-state index contributed by atoms with van der Waals surface area (Å²) in [6.45, 7) is -4.04. The molecule has 38 nitrogen and oxygen atoms in total. The maximum Gasteiger partial charge on any atom is 0.364 e. The Hall–Kier alpha value is -3.77. The SMILES string of the molecule is CC(=O)N[C@H]1[C@H](O[C@@H]2[C@H](O[C@]3(C(=O)O)C[C@H](O)[C@@H](NC(C)=O)[C@H]([C@H](O)[C@H](O)CO)O3)[C@@H](O)[C@H](O[C@H]3[C@@H](O)[C@@H](CO)O[C@H](O[C@@H]4[C@H](O)[C@@H](O)[C@H](O[C@@H]([C@@H](O)[C@H](O)CO)[C@H](CO)NC(C)=O)O[C@@H]4CO)[C@@H]3NC(C)=O)O[C@@H]2CO)O[C@H](CO)[C@H](O)[C@@H]1O. The van der Waals surface area contributed by atoms with Crippen LogP contribution >= 0.6 is 0 Å². The van der Waals surface area contributed by atoms with E-state index in [1.54, 1.807) is 0 Å². The van der Waals surface area contributed by atoms with Crippen molar-refractivity contribution in [3.05, 3.63) is 0 Å². The van der Waals surface area contributed by atoms with Crippen molar-refractivity contribution in [3.63, 3.8) is 0 Å². The van der Waals surface area contributed by atoms with Gasteiger partial charge in [0, 0.05) is 34.1 Å². The zero-order valence-electron chi connectivity index (χ0n) is 46.0. The Morgan fingerprint density at radius 2 is 0.988 bits per heavy atom. The van der Waals surface area contributed by atoms with Crippen LogP contribution in [0, 0.1) is 0 Å². The number of carboxylic acid groups (broad SMARTS) is 1. The number of ether oxygens (including phenoxy) is 10. The number of aliphatic hydroxyl groups is 18. The van der Waals surface area contributed by atoms with Crippen LogP contribution in [0.5, 0.6) is 0 Å². The topological polar surface area (TPSA) is 610 Å². The molecule has 0 aromatic carbocycles. The van der Waals surface area contributed by atoms with Gasteiger partial charge in [0.05, 0.1) is 64.4 Å². The van der Waals surface area contributed by atoms with Crippen molar-refractivity contribution in [3.8, 4) is 0 Å². The van der Waals surface area contributed by atoms with E-state index >= 15 is 0 Å². The summed E-state index contributed by atoms with van der Waals surface area (Å²) in [7, 11) is 0. The number of amides is 4. The lowest BCUT2D eigenvalue weighted by Crippen LogP contribution is -2.72. The molecule has 5 aliphatic rings. The second-order valence-electron chi connectivity index (χ2n) is 20.9. The zero-order valence-corrected chi connectivity index (χ0v) is 46.0. The summed E-state index contributed by atoms with van der Waals surface area (Å²) in [5.74, 6) is -9.13. The number of rotatable bonds is 27. The number of aliphatic hydroxyl groups excluding tert-OH is 18. The summed E-state index contributed by atoms with van der Waals surface area (Å²) in [6, 6.07) is -7.15. The molecule has 5 aliphatic heterocycles.